The molecule has 0 heteroatoms. The van der Waals surface area contributed by atoms with Gasteiger partial charge in [0.1, 0.15) is 0 Å². The highest BCUT2D eigenvalue weighted by atomic mass is 14.4. The molecule has 144 valence electrons. The first-order valence-corrected chi connectivity index (χ1v) is 11.3. The summed E-state index contributed by atoms with van der Waals surface area (Å²) in [6.45, 7) is 0. The van der Waals surface area contributed by atoms with Crippen LogP contribution in [0.3, 0.4) is 0 Å². The Morgan fingerprint density at radius 1 is 0.467 bits per heavy atom. The predicted molar refractivity (Wildman–Crippen MR) is 124 cm³/mol. The number of hydrogen-bond acceptors (Lipinski definition) is 0. The molecule has 0 saturated carbocycles. The highest BCUT2D eigenvalue weighted by Crippen LogP contribution is 2.54. The second kappa shape index (κ2) is 6.19. The van der Waals surface area contributed by atoms with Gasteiger partial charge in [0.05, 0.1) is 0 Å². The molecular weight excluding hydrogens is 360 g/mol. The molecule has 0 saturated heterocycles. The van der Waals surface area contributed by atoms with Gasteiger partial charge in [-0.25, -0.2) is 0 Å². The minimum absolute atomic E-state index is 0.515. The summed E-state index contributed by atoms with van der Waals surface area (Å²) in [5, 5.41) is 0. The molecule has 0 heterocycles. The lowest BCUT2D eigenvalue weighted by Gasteiger charge is -2.19. The standard InChI is InChI=1S/C30H24/c1-3-11-23-21(9-1)22-10-2-4-12-24(22)25(23)17-18-26-27-13-5-7-19-15-16-20-8-6-14-28(26)30(20)29(19)27/h1-14,25-26H,15-18H2. The van der Waals surface area contributed by atoms with Crippen molar-refractivity contribution in [3.63, 3.8) is 0 Å². The van der Waals surface area contributed by atoms with E-state index in [2.05, 4.69) is 84.9 Å². The third-order valence-corrected chi connectivity index (χ3v) is 7.74. The van der Waals surface area contributed by atoms with Gasteiger partial charge in [-0.05, 0) is 81.3 Å². The van der Waals surface area contributed by atoms with Crippen molar-refractivity contribution < 1.29 is 0 Å². The van der Waals surface area contributed by atoms with Gasteiger partial charge in [0, 0.05) is 11.8 Å². The zero-order chi connectivity index (χ0) is 19.7. The number of fused-ring (bicyclic) bond motifs is 3. The quantitative estimate of drug-likeness (QED) is 0.343. The molecule has 0 N–H and O–H groups in total. The van der Waals surface area contributed by atoms with Crippen molar-refractivity contribution in [2.45, 2.75) is 37.5 Å². The predicted octanol–water partition coefficient (Wildman–Crippen LogP) is 7.49. The molecule has 4 aromatic rings. The molecule has 0 nitrogen and oxygen atoms in total. The van der Waals surface area contributed by atoms with E-state index < -0.39 is 0 Å². The van der Waals surface area contributed by atoms with E-state index in [0.29, 0.717) is 11.8 Å². The van der Waals surface area contributed by atoms with Gasteiger partial charge in [-0.1, -0.05) is 84.9 Å². The van der Waals surface area contributed by atoms with E-state index >= 15 is 0 Å². The van der Waals surface area contributed by atoms with Crippen LogP contribution < -0.4 is 0 Å². The van der Waals surface area contributed by atoms with Crippen molar-refractivity contribution in [3.8, 4) is 22.3 Å². The van der Waals surface area contributed by atoms with Crippen LogP contribution in [-0.4, -0.2) is 0 Å². The van der Waals surface area contributed by atoms with E-state index in [4.69, 9.17) is 0 Å². The molecule has 0 bridgehead atoms. The molecule has 3 aliphatic rings. The first-order chi connectivity index (χ1) is 14.9. The minimum Gasteiger partial charge on any atom is -0.0619 e. The van der Waals surface area contributed by atoms with Gasteiger partial charge >= 0.3 is 0 Å². The van der Waals surface area contributed by atoms with E-state index in [1.54, 1.807) is 33.4 Å². The number of aryl methyl sites for hydroxylation is 2. The molecule has 0 aliphatic heterocycles. The van der Waals surface area contributed by atoms with E-state index in [1.807, 2.05) is 0 Å². The van der Waals surface area contributed by atoms with Gasteiger partial charge in [0.15, 0.2) is 0 Å². The van der Waals surface area contributed by atoms with E-state index in [9.17, 15) is 0 Å². The summed E-state index contributed by atoms with van der Waals surface area (Å²) in [7, 11) is 0. The molecule has 3 aliphatic carbocycles. The molecule has 0 radical (unpaired) electrons. The number of hydrogen-bond donors (Lipinski definition) is 0. The van der Waals surface area contributed by atoms with Gasteiger partial charge in [-0.2, -0.15) is 0 Å². The first kappa shape index (κ1) is 16.7. The van der Waals surface area contributed by atoms with Crippen LogP contribution in [0.5, 0.6) is 0 Å². The first-order valence-electron chi connectivity index (χ1n) is 11.3. The van der Waals surface area contributed by atoms with Gasteiger partial charge in [-0.3, -0.25) is 0 Å². The summed E-state index contributed by atoms with van der Waals surface area (Å²) in [4.78, 5) is 0. The Morgan fingerprint density at radius 2 is 0.900 bits per heavy atom. The topological polar surface area (TPSA) is 0 Å². The Balaban J connectivity index is 1.30. The Kier molecular flexibility index (Phi) is 3.44. The third kappa shape index (κ3) is 2.17. The van der Waals surface area contributed by atoms with E-state index in [-0.39, 0.29) is 0 Å². The molecule has 7 rings (SSSR count). The Labute approximate surface area is 178 Å². The van der Waals surface area contributed by atoms with Crippen LogP contribution in [-0.2, 0) is 12.8 Å². The van der Waals surface area contributed by atoms with Crippen LogP contribution in [0.15, 0.2) is 84.9 Å². The second-order valence-electron chi connectivity index (χ2n) is 9.12. The Morgan fingerprint density at radius 3 is 1.43 bits per heavy atom. The molecule has 0 atom stereocenters. The average Bonchev–Trinajstić information content (AvgIpc) is 3.30. The fraction of sp³-hybridized carbons (Fsp3) is 0.200. The van der Waals surface area contributed by atoms with Crippen molar-refractivity contribution in [1.29, 1.82) is 0 Å². The third-order valence-electron chi connectivity index (χ3n) is 7.74. The summed E-state index contributed by atoms with van der Waals surface area (Å²) in [6.07, 6.45) is 4.79. The maximum Gasteiger partial charge on any atom is 0.0102 e. The van der Waals surface area contributed by atoms with Gasteiger partial charge in [0.2, 0.25) is 0 Å². The number of benzene rings is 4. The molecule has 0 amide bonds. The van der Waals surface area contributed by atoms with Gasteiger partial charge < -0.3 is 0 Å². The summed E-state index contributed by atoms with van der Waals surface area (Å²) in [6, 6.07) is 32.2. The van der Waals surface area contributed by atoms with Crippen LogP contribution in [0.4, 0.5) is 0 Å². The van der Waals surface area contributed by atoms with Gasteiger partial charge in [0.25, 0.3) is 0 Å². The SMILES string of the molecule is c1ccc2c(c1)-c1ccccc1C2CCC1c2cccc3c2-c2c(cccc21)CC3. The largest absolute Gasteiger partial charge is 0.0619 e. The van der Waals surface area contributed by atoms with Crippen LogP contribution in [0.25, 0.3) is 22.3 Å². The second-order valence-corrected chi connectivity index (χ2v) is 9.12. The fourth-order valence-corrected chi connectivity index (χ4v) is 6.50. The molecule has 0 fully saturated rings. The fourth-order valence-electron chi connectivity index (χ4n) is 6.50. The monoisotopic (exact) mass is 384 g/mol. The van der Waals surface area contributed by atoms with Crippen LogP contribution >= 0.6 is 0 Å². The Hall–Kier alpha value is -3.12. The molecule has 4 aromatic carbocycles. The maximum absolute atomic E-state index is 2.40. The molecule has 0 spiro atoms. The van der Waals surface area contributed by atoms with Crippen LogP contribution in [0.2, 0.25) is 0 Å². The lowest BCUT2D eigenvalue weighted by atomic mass is 9.85. The van der Waals surface area contributed by atoms with Gasteiger partial charge in [-0.15, -0.1) is 0 Å². The lowest BCUT2D eigenvalue weighted by Crippen LogP contribution is -2.03. The normalized spacial score (nSPS) is 15.7. The molecular formula is C30H24. The smallest absolute Gasteiger partial charge is 0.0102 e. The van der Waals surface area contributed by atoms with Crippen LogP contribution in [0.1, 0.15) is 58.1 Å². The maximum atomic E-state index is 2.40. The summed E-state index contributed by atoms with van der Waals surface area (Å²) < 4.78 is 0. The van der Waals surface area contributed by atoms with Crippen molar-refractivity contribution in [1.82, 2.24) is 0 Å². The van der Waals surface area contributed by atoms with Crippen LogP contribution in [0, 0.1) is 0 Å². The number of rotatable bonds is 3. The van der Waals surface area contributed by atoms with E-state index in [1.165, 1.54) is 47.9 Å². The van der Waals surface area contributed by atoms with Crippen molar-refractivity contribution in [3.05, 3.63) is 118 Å². The highest BCUT2D eigenvalue weighted by molar-refractivity contribution is 5.85. The summed E-state index contributed by atoms with van der Waals surface area (Å²) in [5.74, 6) is 1.05. The summed E-state index contributed by atoms with van der Waals surface area (Å²) >= 11 is 0. The summed E-state index contributed by atoms with van der Waals surface area (Å²) in [5.41, 5.74) is 15.3. The molecule has 0 unspecified atom stereocenters. The minimum atomic E-state index is 0.515. The Bertz CT molecular complexity index is 1210. The lowest BCUT2D eigenvalue weighted by molar-refractivity contribution is 0.626. The zero-order valence-corrected chi connectivity index (χ0v) is 17.1. The van der Waals surface area contributed by atoms with Crippen molar-refractivity contribution in [2.75, 3.05) is 0 Å². The zero-order valence-electron chi connectivity index (χ0n) is 17.1. The highest BCUT2D eigenvalue weighted by Gasteiger charge is 2.35. The molecule has 0 aromatic heterocycles. The van der Waals surface area contributed by atoms with Crippen molar-refractivity contribution >= 4 is 0 Å². The van der Waals surface area contributed by atoms with E-state index in [0.717, 1.165) is 0 Å². The molecule has 30 heavy (non-hydrogen) atoms. The average molecular weight is 385 g/mol. The van der Waals surface area contributed by atoms with Crippen molar-refractivity contribution in [2.24, 2.45) is 0 Å².